The molecule has 0 spiro atoms. The van der Waals surface area contributed by atoms with Crippen LogP contribution in [-0.4, -0.2) is 30.2 Å². The first-order valence-electron chi connectivity index (χ1n) is 10.5. The van der Waals surface area contributed by atoms with Crippen LogP contribution in [0.4, 0.5) is 5.95 Å². The van der Waals surface area contributed by atoms with E-state index in [4.69, 9.17) is 9.97 Å². The summed E-state index contributed by atoms with van der Waals surface area (Å²) in [5, 5.41) is 7.49. The molecule has 0 radical (unpaired) electrons. The lowest BCUT2D eigenvalue weighted by molar-refractivity contribution is 0.102. The first-order chi connectivity index (χ1) is 15.0. The van der Waals surface area contributed by atoms with Crippen LogP contribution < -0.4 is 5.32 Å². The SMILES string of the molecule is Cc1cc2cc(n1)-c1cnn(C)c1CCCCCn1c(nc3ccc(Br)cc31)NC2=O. The van der Waals surface area contributed by atoms with Crippen LogP contribution in [0, 0.1) is 6.92 Å². The molecule has 5 rings (SSSR count). The number of carbonyl (C=O) groups is 1. The highest BCUT2D eigenvalue weighted by Gasteiger charge is 2.19. The van der Waals surface area contributed by atoms with Gasteiger partial charge in [0.25, 0.3) is 5.91 Å². The molecular weight excluding hydrogens is 456 g/mol. The number of nitrogens with zero attached hydrogens (tertiary/aromatic N) is 5. The number of fused-ring (bicyclic) bond motifs is 7. The number of amides is 1. The minimum Gasteiger partial charge on any atom is -0.310 e. The van der Waals surface area contributed by atoms with Crippen LogP contribution in [0.5, 0.6) is 0 Å². The van der Waals surface area contributed by atoms with E-state index in [0.29, 0.717) is 11.5 Å². The second-order valence-corrected chi connectivity index (χ2v) is 8.91. The molecule has 3 aromatic heterocycles. The molecule has 0 fully saturated rings. The van der Waals surface area contributed by atoms with Gasteiger partial charge in [0.05, 0.1) is 22.9 Å². The van der Waals surface area contributed by atoms with E-state index in [-0.39, 0.29) is 5.91 Å². The predicted octanol–water partition coefficient (Wildman–Crippen LogP) is 4.88. The number of hydrogen-bond donors (Lipinski definition) is 1. The molecule has 8 heteroatoms. The van der Waals surface area contributed by atoms with Crippen LogP contribution in [-0.2, 0) is 20.0 Å². The van der Waals surface area contributed by atoms with Crippen LogP contribution in [0.2, 0.25) is 0 Å². The molecule has 31 heavy (non-hydrogen) atoms. The zero-order valence-corrected chi connectivity index (χ0v) is 19.1. The van der Waals surface area contributed by atoms with Gasteiger partial charge in [-0.05, 0) is 56.5 Å². The van der Waals surface area contributed by atoms with Gasteiger partial charge in [-0.3, -0.25) is 19.8 Å². The molecule has 2 bridgehead atoms. The van der Waals surface area contributed by atoms with Gasteiger partial charge >= 0.3 is 0 Å². The lowest BCUT2D eigenvalue weighted by atomic mass is 10.0. The molecule has 4 heterocycles. The van der Waals surface area contributed by atoms with Gasteiger partial charge < -0.3 is 4.57 Å². The normalized spacial score (nSPS) is 14.6. The van der Waals surface area contributed by atoms with Gasteiger partial charge in [-0.2, -0.15) is 5.10 Å². The Hall–Kier alpha value is -3.00. The number of halogens is 1. The Kier molecular flexibility index (Phi) is 5.09. The van der Waals surface area contributed by atoms with Crippen molar-refractivity contribution in [2.24, 2.45) is 7.05 Å². The number of carbonyl (C=O) groups excluding carboxylic acids is 1. The van der Waals surface area contributed by atoms with E-state index in [9.17, 15) is 4.79 Å². The van der Waals surface area contributed by atoms with E-state index >= 15 is 0 Å². The summed E-state index contributed by atoms with van der Waals surface area (Å²) in [6.07, 6.45) is 5.89. The number of aromatic nitrogens is 5. The van der Waals surface area contributed by atoms with Gasteiger partial charge in [-0.1, -0.05) is 22.4 Å². The Bertz CT molecular complexity index is 1310. The molecule has 0 unspecified atom stereocenters. The van der Waals surface area contributed by atoms with E-state index < -0.39 is 0 Å². The summed E-state index contributed by atoms with van der Waals surface area (Å²) in [4.78, 5) is 22.6. The standard InChI is InChI=1S/C23H23BrN6O/c1-14-10-15-11-19(26-14)17-13-25-29(2)20(17)6-4-3-5-9-30-21-12-16(24)7-8-18(21)27-23(30)28-22(15)31/h7-8,10-13H,3-6,9H2,1-2H3,(H,27,28,31). The van der Waals surface area contributed by atoms with E-state index in [1.807, 2.05) is 49.1 Å². The Labute approximate surface area is 188 Å². The summed E-state index contributed by atoms with van der Waals surface area (Å²) in [6.45, 7) is 2.70. The molecule has 158 valence electrons. The van der Waals surface area contributed by atoms with Crippen molar-refractivity contribution in [2.75, 3.05) is 5.32 Å². The van der Waals surface area contributed by atoms with Gasteiger partial charge in [0.15, 0.2) is 0 Å². The van der Waals surface area contributed by atoms with Crippen LogP contribution in [0.25, 0.3) is 22.3 Å². The quantitative estimate of drug-likeness (QED) is 0.390. The summed E-state index contributed by atoms with van der Waals surface area (Å²) in [6, 6.07) is 9.65. The van der Waals surface area contributed by atoms with Crippen LogP contribution in [0.3, 0.4) is 0 Å². The molecule has 0 saturated carbocycles. The third kappa shape index (κ3) is 3.76. The topological polar surface area (TPSA) is 77.6 Å². The maximum atomic E-state index is 13.2. The van der Waals surface area contributed by atoms with Crippen molar-refractivity contribution in [3.8, 4) is 11.3 Å². The van der Waals surface area contributed by atoms with Crippen molar-refractivity contribution in [3.63, 3.8) is 0 Å². The Morgan fingerprint density at radius 1 is 1.10 bits per heavy atom. The molecule has 1 aliphatic heterocycles. The largest absolute Gasteiger partial charge is 0.310 e. The number of anilines is 1. The van der Waals surface area contributed by atoms with E-state index in [0.717, 1.165) is 70.4 Å². The fraction of sp³-hybridized carbons (Fsp3) is 0.304. The number of pyridine rings is 1. The summed E-state index contributed by atoms with van der Waals surface area (Å²) in [5.74, 6) is 0.387. The minimum atomic E-state index is -0.190. The number of imidazole rings is 1. The number of aryl methyl sites for hydroxylation is 3. The first kappa shape index (κ1) is 19.9. The van der Waals surface area contributed by atoms with Crippen LogP contribution in [0.1, 0.15) is 41.0 Å². The summed E-state index contributed by atoms with van der Waals surface area (Å²) >= 11 is 3.55. The monoisotopic (exact) mass is 478 g/mol. The maximum Gasteiger partial charge on any atom is 0.258 e. The molecule has 4 aromatic rings. The highest BCUT2D eigenvalue weighted by atomic mass is 79.9. The van der Waals surface area contributed by atoms with Gasteiger partial charge in [0, 0.05) is 40.6 Å². The third-order valence-electron chi connectivity index (χ3n) is 5.78. The fourth-order valence-electron chi connectivity index (χ4n) is 4.24. The fourth-order valence-corrected chi connectivity index (χ4v) is 4.59. The molecule has 0 saturated heterocycles. The zero-order chi connectivity index (χ0) is 21.5. The number of benzene rings is 1. The molecular formula is C23H23BrN6O. The number of hydrogen-bond acceptors (Lipinski definition) is 4. The molecule has 0 aliphatic carbocycles. The maximum absolute atomic E-state index is 13.2. The second kappa shape index (κ2) is 7.92. The van der Waals surface area contributed by atoms with Gasteiger partial charge in [-0.25, -0.2) is 4.98 Å². The minimum absolute atomic E-state index is 0.190. The van der Waals surface area contributed by atoms with E-state index in [1.54, 1.807) is 0 Å². The van der Waals surface area contributed by atoms with Gasteiger partial charge in [0.2, 0.25) is 5.95 Å². The van der Waals surface area contributed by atoms with Crippen molar-refractivity contribution in [1.29, 1.82) is 0 Å². The van der Waals surface area contributed by atoms with Gasteiger partial charge in [0.1, 0.15) is 0 Å². The van der Waals surface area contributed by atoms with Crippen LogP contribution >= 0.6 is 15.9 Å². The Morgan fingerprint density at radius 2 is 1.97 bits per heavy atom. The van der Waals surface area contributed by atoms with Gasteiger partial charge in [-0.15, -0.1) is 0 Å². The van der Waals surface area contributed by atoms with E-state index in [2.05, 4.69) is 37.0 Å². The molecule has 1 aliphatic rings. The summed E-state index contributed by atoms with van der Waals surface area (Å²) < 4.78 is 5.02. The smallest absolute Gasteiger partial charge is 0.258 e. The number of rotatable bonds is 0. The lowest BCUT2D eigenvalue weighted by Crippen LogP contribution is -2.17. The van der Waals surface area contributed by atoms with Crippen molar-refractivity contribution in [2.45, 2.75) is 39.2 Å². The summed E-state index contributed by atoms with van der Waals surface area (Å²) in [5.41, 5.74) is 6.16. The zero-order valence-electron chi connectivity index (χ0n) is 17.5. The molecule has 7 nitrogen and oxygen atoms in total. The van der Waals surface area contributed by atoms with Crippen molar-refractivity contribution in [1.82, 2.24) is 24.3 Å². The second-order valence-electron chi connectivity index (χ2n) is 8.00. The highest BCUT2D eigenvalue weighted by Crippen LogP contribution is 2.28. The predicted molar refractivity (Wildman–Crippen MR) is 124 cm³/mol. The summed E-state index contributed by atoms with van der Waals surface area (Å²) in [7, 11) is 1.97. The molecule has 0 atom stereocenters. The van der Waals surface area contributed by atoms with Crippen molar-refractivity contribution < 1.29 is 4.79 Å². The van der Waals surface area contributed by atoms with Crippen molar-refractivity contribution in [3.05, 3.63) is 58.0 Å². The molecule has 1 aromatic carbocycles. The van der Waals surface area contributed by atoms with Crippen LogP contribution in [0.15, 0.2) is 41.0 Å². The highest BCUT2D eigenvalue weighted by molar-refractivity contribution is 9.10. The third-order valence-corrected chi connectivity index (χ3v) is 6.28. The average Bonchev–Trinajstić information content (AvgIpc) is 3.27. The molecule has 1 N–H and O–H groups in total. The Balaban J connectivity index is 1.62. The average molecular weight is 479 g/mol. The first-order valence-corrected chi connectivity index (χ1v) is 11.3. The Morgan fingerprint density at radius 3 is 2.84 bits per heavy atom. The van der Waals surface area contributed by atoms with Crippen molar-refractivity contribution >= 4 is 38.8 Å². The molecule has 1 amide bonds. The van der Waals surface area contributed by atoms with E-state index in [1.165, 1.54) is 0 Å². The lowest BCUT2D eigenvalue weighted by Gasteiger charge is -2.13. The number of nitrogens with one attached hydrogen (secondary N) is 1.